The SMILES string of the molecule is CSc1ccc(NC(=O)O[C@H](c2cc(Br)cc(Br)c2O)C(C)(C)CC/C=C/C(=O)O)cc1. The van der Waals surface area contributed by atoms with Gasteiger partial charge in [0.2, 0.25) is 0 Å². The average molecular weight is 587 g/mol. The van der Waals surface area contributed by atoms with Crippen LogP contribution in [-0.2, 0) is 9.53 Å². The van der Waals surface area contributed by atoms with E-state index in [2.05, 4.69) is 37.2 Å². The van der Waals surface area contributed by atoms with Crippen molar-refractivity contribution in [3.63, 3.8) is 0 Å². The Balaban J connectivity index is 2.30. The number of halogens is 2. The predicted octanol–water partition coefficient (Wildman–Crippen LogP) is 7.38. The molecule has 0 fully saturated rings. The molecule has 2 rings (SSSR count). The fourth-order valence-corrected chi connectivity index (χ4v) is 4.80. The minimum Gasteiger partial charge on any atom is -0.506 e. The van der Waals surface area contributed by atoms with E-state index in [0.29, 0.717) is 33.0 Å². The lowest BCUT2D eigenvalue weighted by Crippen LogP contribution is -2.29. The summed E-state index contributed by atoms with van der Waals surface area (Å²) in [6.45, 7) is 3.81. The van der Waals surface area contributed by atoms with E-state index in [0.717, 1.165) is 11.0 Å². The number of aliphatic carboxylic acids is 1. The smallest absolute Gasteiger partial charge is 0.412 e. The highest BCUT2D eigenvalue weighted by Crippen LogP contribution is 2.46. The zero-order chi connectivity index (χ0) is 23.9. The topological polar surface area (TPSA) is 95.9 Å². The highest BCUT2D eigenvalue weighted by atomic mass is 79.9. The summed E-state index contributed by atoms with van der Waals surface area (Å²) in [6, 6.07) is 10.8. The van der Waals surface area contributed by atoms with Crippen LogP contribution in [0.4, 0.5) is 10.5 Å². The van der Waals surface area contributed by atoms with E-state index in [1.807, 2.05) is 32.2 Å². The van der Waals surface area contributed by atoms with Gasteiger partial charge in [0.15, 0.2) is 0 Å². The molecule has 0 aromatic heterocycles. The van der Waals surface area contributed by atoms with Crippen LogP contribution in [0.5, 0.6) is 5.75 Å². The lowest BCUT2D eigenvalue weighted by atomic mass is 9.78. The molecule has 0 saturated heterocycles. The second-order valence-corrected chi connectivity index (χ2v) is 10.4. The Kier molecular flexibility index (Phi) is 9.66. The summed E-state index contributed by atoms with van der Waals surface area (Å²) in [7, 11) is 0. The first-order chi connectivity index (χ1) is 15.0. The fourth-order valence-electron chi connectivity index (χ4n) is 3.13. The van der Waals surface area contributed by atoms with Gasteiger partial charge in [0, 0.05) is 32.1 Å². The molecule has 0 unspecified atom stereocenters. The van der Waals surface area contributed by atoms with Gasteiger partial charge in [-0.1, -0.05) is 35.9 Å². The number of nitrogens with one attached hydrogen (secondary N) is 1. The third-order valence-corrected chi connectivity index (χ3v) is 6.63. The van der Waals surface area contributed by atoms with E-state index in [1.165, 1.54) is 0 Å². The van der Waals surface area contributed by atoms with Crippen molar-refractivity contribution in [2.75, 3.05) is 11.6 Å². The van der Waals surface area contributed by atoms with Crippen LogP contribution in [0.2, 0.25) is 0 Å². The number of carboxylic acids is 1. The molecular weight excluding hydrogens is 562 g/mol. The van der Waals surface area contributed by atoms with Crippen molar-refractivity contribution in [2.24, 2.45) is 5.41 Å². The number of hydrogen-bond donors (Lipinski definition) is 3. The van der Waals surface area contributed by atoms with Crippen LogP contribution in [0.25, 0.3) is 0 Å². The maximum absolute atomic E-state index is 12.8. The number of aromatic hydroxyl groups is 1. The van der Waals surface area contributed by atoms with Gasteiger partial charge in [-0.15, -0.1) is 11.8 Å². The number of phenols is 1. The average Bonchev–Trinajstić information content (AvgIpc) is 2.72. The van der Waals surface area contributed by atoms with Crippen LogP contribution in [-0.4, -0.2) is 28.5 Å². The number of carbonyl (C=O) groups is 2. The monoisotopic (exact) mass is 585 g/mol. The number of phenolic OH excluding ortho intramolecular Hbond substituents is 1. The second kappa shape index (κ2) is 11.8. The molecular formula is C23H25Br2NO5S. The Hall–Kier alpha value is -1.97. The summed E-state index contributed by atoms with van der Waals surface area (Å²) in [4.78, 5) is 24.6. The molecule has 6 nitrogen and oxygen atoms in total. The molecule has 1 amide bonds. The van der Waals surface area contributed by atoms with Gasteiger partial charge < -0.3 is 14.9 Å². The molecule has 1 atom stereocenters. The third-order valence-electron chi connectivity index (χ3n) is 4.83. The van der Waals surface area contributed by atoms with Gasteiger partial charge in [0.05, 0.1) is 4.47 Å². The number of hydrogen-bond acceptors (Lipinski definition) is 5. The third kappa shape index (κ3) is 7.56. The molecule has 0 aliphatic heterocycles. The number of thioether (sulfide) groups is 1. The number of ether oxygens (including phenoxy) is 1. The highest BCUT2D eigenvalue weighted by Gasteiger charge is 2.36. The fraction of sp³-hybridized carbons (Fsp3) is 0.304. The maximum atomic E-state index is 12.8. The number of benzene rings is 2. The molecule has 3 N–H and O–H groups in total. The van der Waals surface area contributed by atoms with Gasteiger partial charge in [0.1, 0.15) is 11.9 Å². The van der Waals surface area contributed by atoms with Gasteiger partial charge >= 0.3 is 12.1 Å². The number of allylic oxidation sites excluding steroid dienone is 1. The van der Waals surface area contributed by atoms with Crippen molar-refractivity contribution in [3.05, 3.63) is 63.1 Å². The second-order valence-electron chi connectivity index (χ2n) is 7.73. The summed E-state index contributed by atoms with van der Waals surface area (Å²) in [5.74, 6) is -1.04. The van der Waals surface area contributed by atoms with Crippen molar-refractivity contribution in [3.8, 4) is 5.75 Å². The number of rotatable bonds is 9. The summed E-state index contributed by atoms with van der Waals surface area (Å²) in [6.07, 6.45) is 4.14. The lowest BCUT2D eigenvalue weighted by Gasteiger charge is -2.34. The van der Waals surface area contributed by atoms with Crippen molar-refractivity contribution in [1.29, 1.82) is 0 Å². The summed E-state index contributed by atoms with van der Waals surface area (Å²) in [5, 5.41) is 22.2. The highest BCUT2D eigenvalue weighted by molar-refractivity contribution is 9.11. The first-order valence-corrected chi connectivity index (χ1v) is 12.5. The van der Waals surface area contributed by atoms with Gasteiger partial charge in [-0.3, -0.25) is 5.32 Å². The molecule has 0 bridgehead atoms. The van der Waals surface area contributed by atoms with Crippen molar-refractivity contribution in [1.82, 2.24) is 0 Å². The van der Waals surface area contributed by atoms with E-state index in [1.54, 1.807) is 42.1 Å². The number of anilines is 1. The number of carbonyl (C=O) groups excluding carboxylic acids is 1. The largest absolute Gasteiger partial charge is 0.506 e. The van der Waals surface area contributed by atoms with E-state index in [4.69, 9.17) is 9.84 Å². The van der Waals surface area contributed by atoms with Crippen LogP contribution in [0.15, 0.2) is 62.4 Å². The Morgan fingerprint density at radius 3 is 2.47 bits per heavy atom. The van der Waals surface area contributed by atoms with Crippen LogP contribution < -0.4 is 5.32 Å². The van der Waals surface area contributed by atoms with E-state index in [-0.39, 0.29) is 5.75 Å². The number of carboxylic acid groups (broad SMARTS) is 1. The van der Waals surface area contributed by atoms with Gasteiger partial charge in [-0.05, 0) is 71.4 Å². The quantitative estimate of drug-likeness (QED) is 0.210. The molecule has 0 aliphatic carbocycles. The summed E-state index contributed by atoms with van der Waals surface area (Å²) < 4.78 is 7.01. The van der Waals surface area contributed by atoms with E-state index >= 15 is 0 Å². The molecule has 0 spiro atoms. The lowest BCUT2D eigenvalue weighted by molar-refractivity contribution is -0.131. The van der Waals surface area contributed by atoms with Crippen LogP contribution in [0.3, 0.4) is 0 Å². The van der Waals surface area contributed by atoms with Crippen molar-refractivity contribution < 1.29 is 24.5 Å². The van der Waals surface area contributed by atoms with Gasteiger partial charge in [-0.25, -0.2) is 9.59 Å². The van der Waals surface area contributed by atoms with Gasteiger partial charge in [0.25, 0.3) is 0 Å². The predicted molar refractivity (Wildman–Crippen MR) is 134 cm³/mol. The molecule has 0 saturated carbocycles. The zero-order valence-electron chi connectivity index (χ0n) is 17.9. The number of amides is 1. The minimum atomic E-state index is -1.02. The van der Waals surface area contributed by atoms with Crippen molar-refractivity contribution >= 4 is 61.4 Å². The molecule has 0 radical (unpaired) electrons. The Bertz CT molecular complexity index is 993. The molecule has 2 aromatic carbocycles. The normalized spacial score (nSPS) is 12.5. The molecule has 32 heavy (non-hydrogen) atoms. The van der Waals surface area contributed by atoms with Crippen LogP contribution in [0.1, 0.15) is 38.4 Å². The summed E-state index contributed by atoms with van der Waals surface area (Å²) in [5.41, 5.74) is 0.403. The molecule has 0 aliphatic rings. The van der Waals surface area contributed by atoms with Crippen molar-refractivity contribution in [2.45, 2.75) is 37.7 Å². The molecule has 172 valence electrons. The first kappa shape index (κ1) is 26.3. The Morgan fingerprint density at radius 2 is 1.88 bits per heavy atom. The molecule has 0 heterocycles. The van der Waals surface area contributed by atoms with Crippen LogP contribution >= 0.6 is 43.6 Å². The van der Waals surface area contributed by atoms with Crippen LogP contribution in [0, 0.1) is 5.41 Å². The van der Waals surface area contributed by atoms with Gasteiger partial charge in [-0.2, -0.15) is 0 Å². The molecule has 9 heteroatoms. The standard InChI is InChI=1S/C23H25Br2NO5S/c1-23(2,11-5-4-6-19(27)28)21(17-12-14(24)13-18(25)20(17)29)31-22(30)26-15-7-9-16(32-3)10-8-15/h4,6-10,12-13,21,29H,5,11H2,1-3H3,(H,26,30)(H,27,28)/b6-4+/t21-/m1/s1. The Morgan fingerprint density at radius 1 is 1.22 bits per heavy atom. The molecule has 2 aromatic rings. The summed E-state index contributed by atoms with van der Waals surface area (Å²) >= 11 is 8.35. The Labute approximate surface area is 208 Å². The minimum absolute atomic E-state index is 0.0236. The first-order valence-electron chi connectivity index (χ1n) is 9.72. The zero-order valence-corrected chi connectivity index (χ0v) is 21.9. The van der Waals surface area contributed by atoms with E-state index < -0.39 is 23.6 Å². The van der Waals surface area contributed by atoms with E-state index in [9.17, 15) is 14.7 Å². The maximum Gasteiger partial charge on any atom is 0.412 e.